The second-order valence-corrected chi connectivity index (χ2v) is 6.51. The second-order valence-electron chi connectivity index (χ2n) is 5.56. The van der Waals surface area contributed by atoms with Crippen molar-refractivity contribution in [1.82, 2.24) is 9.88 Å². The van der Waals surface area contributed by atoms with Crippen LogP contribution >= 0.6 is 11.3 Å². The minimum Gasteiger partial charge on any atom is -0.407 e. The van der Waals surface area contributed by atoms with Gasteiger partial charge in [0.25, 0.3) is 5.91 Å². The maximum atomic E-state index is 12.5. The molecule has 3 rings (SSSR count). The molecule has 2 heterocycles. The van der Waals surface area contributed by atoms with Gasteiger partial charge < -0.3 is 9.73 Å². The number of para-hydroxylation sites is 1. The molecule has 0 saturated heterocycles. The monoisotopic (exact) mass is 344 g/mol. The lowest BCUT2D eigenvalue weighted by molar-refractivity contribution is 0.0920. The Morgan fingerprint density at radius 3 is 2.79 bits per heavy atom. The van der Waals surface area contributed by atoms with Crippen molar-refractivity contribution in [2.24, 2.45) is 7.05 Å². The Kier molecular flexibility index (Phi) is 4.35. The summed E-state index contributed by atoms with van der Waals surface area (Å²) in [5, 5.41) is 4.63. The van der Waals surface area contributed by atoms with Gasteiger partial charge in [-0.3, -0.25) is 14.2 Å². The van der Waals surface area contributed by atoms with Gasteiger partial charge in [-0.2, -0.15) is 0 Å². The molecule has 3 aromatic rings. The van der Waals surface area contributed by atoms with Crippen LogP contribution in [0, 0.1) is 0 Å². The maximum Gasteiger partial charge on any atom is 0.419 e. The largest absolute Gasteiger partial charge is 0.419 e. The van der Waals surface area contributed by atoms with Gasteiger partial charge in [-0.25, -0.2) is 4.79 Å². The molecule has 0 aliphatic heterocycles. The predicted octanol–water partition coefficient (Wildman–Crippen LogP) is 2.58. The first-order chi connectivity index (χ1) is 11.5. The van der Waals surface area contributed by atoms with E-state index in [9.17, 15) is 14.4 Å². The van der Waals surface area contributed by atoms with E-state index in [-0.39, 0.29) is 35.3 Å². The molecule has 0 fully saturated rings. The summed E-state index contributed by atoms with van der Waals surface area (Å²) in [5.74, 6) is -0.908. The Labute approximate surface area is 141 Å². The predicted molar refractivity (Wildman–Crippen MR) is 91.6 cm³/mol. The van der Waals surface area contributed by atoms with Crippen molar-refractivity contribution in [3.05, 3.63) is 56.7 Å². The molecule has 0 aliphatic carbocycles. The lowest BCUT2D eigenvalue weighted by Gasteiger charge is -2.12. The number of fused-ring (bicyclic) bond motifs is 1. The Morgan fingerprint density at radius 1 is 1.29 bits per heavy atom. The summed E-state index contributed by atoms with van der Waals surface area (Å²) in [4.78, 5) is 36.9. The van der Waals surface area contributed by atoms with Crippen LogP contribution in [0.15, 0.2) is 44.9 Å². The summed E-state index contributed by atoms with van der Waals surface area (Å²) < 4.78 is 6.50. The maximum absolute atomic E-state index is 12.5. The molecular weight excluding hydrogens is 328 g/mol. The first-order valence-electron chi connectivity index (χ1n) is 7.43. The van der Waals surface area contributed by atoms with Crippen LogP contribution in [0.3, 0.4) is 0 Å². The number of ketones is 1. The van der Waals surface area contributed by atoms with Crippen LogP contribution in [-0.2, 0) is 7.05 Å². The molecule has 0 bridgehead atoms. The van der Waals surface area contributed by atoms with Gasteiger partial charge in [0.15, 0.2) is 11.4 Å². The highest BCUT2D eigenvalue weighted by molar-refractivity contribution is 7.12. The summed E-state index contributed by atoms with van der Waals surface area (Å²) in [5.41, 5.74) is 1.08. The Hall–Kier alpha value is -2.67. The number of hydrogen-bond donors (Lipinski definition) is 1. The van der Waals surface area contributed by atoms with Crippen LogP contribution in [-0.4, -0.2) is 22.3 Å². The third kappa shape index (κ3) is 3.03. The fraction of sp³-hybridized carbons (Fsp3) is 0.235. The zero-order valence-electron chi connectivity index (χ0n) is 13.2. The van der Waals surface area contributed by atoms with Gasteiger partial charge in [0.1, 0.15) is 0 Å². The van der Waals surface area contributed by atoms with E-state index in [1.807, 2.05) is 11.4 Å². The molecule has 0 radical (unpaired) electrons. The van der Waals surface area contributed by atoms with Gasteiger partial charge in [0.05, 0.1) is 16.0 Å². The van der Waals surface area contributed by atoms with Crippen molar-refractivity contribution in [1.29, 1.82) is 0 Å². The fourth-order valence-electron chi connectivity index (χ4n) is 2.50. The molecule has 2 aromatic heterocycles. The lowest BCUT2D eigenvalue weighted by atomic mass is 10.1. The second kappa shape index (κ2) is 6.45. The van der Waals surface area contributed by atoms with E-state index >= 15 is 0 Å². The molecule has 1 N–H and O–H groups in total. The van der Waals surface area contributed by atoms with Gasteiger partial charge in [0.2, 0.25) is 0 Å². The Morgan fingerprint density at radius 2 is 2.08 bits per heavy atom. The molecule has 124 valence electrons. The normalized spacial score (nSPS) is 12.2. The summed E-state index contributed by atoms with van der Waals surface area (Å²) in [7, 11) is 1.58. The summed E-state index contributed by atoms with van der Waals surface area (Å²) >= 11 is 1.38. The zero-order chi connectivity index (χ0) is 17.3. The molecule has 7 heteroatoms. The van der Waals surface area contributed by atoms with Crippen LogP contribution in [0.1, 0.15) is 33.4 Å². The Bertz CT molecular complexity index is 953. The van der Waals surface area contributed by atoms with Crippen LogP contribution in [0.25, 0.3) is 11.1 Å². The van der Waals surface area contributed by atoms with E-state index in [2.05, 4.69) is 5.32 Å². The number of nitrogens with one attached hydrogen (secondary N) is 1. The lowest BCUT2D eigenvalue weighted by Crippen LogP contribution is -2.34. The fourth-order valence-corrected chi connectivity index (χ4v) is 3.17. The van der Waals surface area contributed by atoms with E-state index < -0.39 is 5.76 Å². The van der Waals surface area contributed by atoms with Gasteiger partial charge in [-0.05, 0) is 30.5 Å². The van der Waals surface area contributed by atoms with Crippen molar-refractivity contribution in [2.45, 2.75) is 19.4 Å². The number of oxazole rings is 1. The quantitative estimate of drug-likeness (QED) is 0.721. The molecule has 0 spiro atoms. The van der Waals surface area contributed by atoms with Gasteiger partial charge >= 0.3 is 5.76 Å². The molecule has 0 aliphatic rings. The molecule has 0 unspecified atom stereocenters. The van der Waals surface area contributed by atoms with Crippen LogP contribution in [0.2, 0.25) is 0 Å². The number of aryl methyl sites for hydroxylation is 1. The topological polar surface area (TPSA) is 81.3 Å². The van der Waals surface area contributed by atoms with Crippen LogP contribution in [0.4, 0.5) is 0 Å². The average Bonchev–Trinajstić information content (AvgIpc) is 3.16. The number of Topliss-reactive ketones (excluding diaryl/α,β-unsaturated/α-hetero) is 1. The molecule has 24 heavy (non-hydrogen) atoms. The molecule has 1 amide bonds. The number of carbonyl (C=O) groups is 2. The number of benzene rings is 1. The first-order valence-corrected chi connectivity index (χ1v) is 8.31. The summed E-state index contributed by atoms with van der Waals surface area (Å²) in [6.07, 6.45) is 0.209. The van der Waals surface area contributed by atoms with Crippen molar-refractivity contribution >= 4 is 34.1 Å². The average molecular weight is 344 g/mol. The van der Waals surface area contributed by atoms with E-state index in [4.69, 9.17) is 4.42 Å². The van der Waals surface area contributed by atoms with Gasteiger partial charge in [0, 0.05) is 19.5 Å². The molecule has 1 aromatic carbocycles. The van der Waals surface area contributed by atoms with E-state index in [0.29, 0.717) is 10.4 Å². The van der Waals surface area contributed by atoms with Crippen molar-refractivity contribution in [3.8, 4) is 0 Å². The number of amides is 1. The smallest absolute Gasteiger partial charge is 0.407 e. The van der Waals surface area contributed by atoms with Crippen LogP contribution in [0.5, 0.6) is 0 Å². The van der Waals surface area contributed by atoms with E-state index in [1.54, 1.807) is 38.2 Å². The number of carbonyl (C=O) groups excluding carboxylic acids is 2. The van der Waals surface area contributed by atoms with Crippen molar-refractivity contribution in [3.63, 3.8) is 0 Å². The number of hydrogen-bond acceptors (Lipinski definition) is 5. The SMILES string of the molecule is C[C@H](CC(=O)c1cccs1)NC(=O)c1cccc2c1oc(=O)n2C. The molecule has 6 nitrogen and oxygen atoms in total. The summed E-state index contributed by atoms with van der Waals surface area (Å²) in [6, 6.07) is 8.24. The van der Waals surface area contributed by atoms with Crippen molar-refractivity contribution < 1.29 is 14.0 Å². The first kappa shape index (κ1) is 16.2. The van der Waals surface area contributed by atoms with E-state index in [0.717, 1.165) is 0 Å². The minimum atomic E-state index is -0.522. The standard InChI is InChI=1S/C17H16N2O4S/c1-10(9-13(20)14-7-4-8-24-14)18-16(21)11-5-3-6-12-15(11)23-17(22)19(12)2/h3-8,10H,9H2,1-2H3,(H,18,21)/t10-/m1/s1. The molecular formula is C17H16N2O4S. The summed E-state index contributed by atoms with van der Waals surface area (Å²) in [6.45, 7) is 1.77. The molecule has 0 saturated carbocycles. The molecule has 1 atom stereocenters. The number of nitrogens with zero attached hydrogens (tertiary/aromatic N) is 1. The third-order valence-corrected chi connectivity index (χ3v) is 4.64. The zero-order valence-corrected chi connectivity index (χ0v) is 14.1. The number of aromatic nitrogens is 1. The van der Waals surface area contributed by atoms with Gasteiger partial charge in [-0.1, -0.05) is 12.1 Å². The van der Waals surface area contributed by atoms with Gasteiger partial charge in [-0.15, -0.1) is 11.3 Å². The minimum absolute atomic E-state index is 0.0118. The van der Waals surface area contributed by atoms with Crippen molar-refractivity contribution in [2.75, 3.05) is 0 Å². The third-order valence-electron chi connectivity index (χ3n) is 3.73. The highest BCUT2D eigenvalue weighted by Gasteiger charge is 2.19. The Balaban J connectivity index is 1.76. The van der Waals surface area contributed by atoms with E-state index in [1.165, 1.54) is 15.9 Å². The number of thiophene rings is 1. The van der Waals surface area contributed by atoms with Crippen LogP contribution < -0.4 is 11.1 Å². The highest BCUT2D eigenvalue weighted by Crippen LogP contribution is 2.18. The highest BCUT2D eigenvalue weighted by atomic mass is 32.1. The number of rotatable bonds is 5.